The predicted octanol–water partition coefficient (Wildman–Crippen LogP) is 2.00. The Bertz CT molecular complexity index is 614. The molecule has 0 radical (unpaired) electrons. The van der Waals surface area contributed by atoms with Crippen LogP contribution in [0.15, 0.2) is 35.4 Å². The fraction of sp³-hybridized carbons (Fsp3) is 0.214. The van der Waals surface area contributed by atoms with Crippen LogP contribution in [-0.2, 0) is 0 Å². The van der Waals surface area contributed by atoms with Gasteiger partial charge in [-0.15, -0.1) is 0 Å². The average molecular weight is 272 g/mol. The second-order valence-corrected chi connectivity index (χ2v) is 4.65. The van der Waals surface area contributed by atoms with E-state index in [9.17, 15) is 4.79 Å². The molecule has 0 spiro atoms. The minimum Gasteiger partial charge on any atom is -0.508 e. The Labute approximate surface area is 116 Å². The Hall–Kier alpha value is -2.63. The summed E-state index contributed by atoms with van der Waals surface area (Å²) in [7, 11) is 0. The van der Waals surface area contributed by atoms with Crippen molar-refractivity contribution in [1.29, 1.82) is 0 Å². The molecular weight excluding hydrogens is 256 g/mol. The van der Waals surface area contributed by atoms with E-state index in [2.05, 4.69) is 20.7 Å². The summed E-state index contributed by atoms with van der Waals surface area (Å²) in [5.74, 6) is 0.0941. The Kier molecular flexibility index (Phi) is 4.14. The van der Waals surface area contributed by atoms with Crippen LogP contribution in [0.2, 0.25) is 0 Å². The number of aromatic nitrogens is 2. The van der Waals surface area contributed by atoms with Crippen molar-refractivity contribution in [2.24, 2.45) is 5.10 Å². The third-order valence-electron chi connectivity index (χ3n) is 2.73. The smallest absolute Gasteiger partial charge is 0.291 e. The Morgan fingerprint density at radius 1 is 1.40 bits per heavy atom. The second-order valence-electron chi connectivity index (χ2n) is 4.65. The summed E-state index contributed by atoms with van der Waals surface area (Å²) in [4.78, 5) is 11.8. The highest BCUT2D eigenvalue weighted by Gasteiger charge is 2.10. The number of H-pyrrole nitrogens is 1. The molecule has 0 aliphatic carbocycles. The van der Waals surface area contributed by atoms with Gasteiger partial charge in [0.25, 0.3) is 5.91 Å². The highest BCUT2D eigenvalue weighted by molar-refractivity contribution is 5.93. The highest BCUT2D eigenvalue weighted by atomic mass is 16.3. The van der Waals surface area contributed by atoms with Gasteiger partial charge < -0.3 is 5.11 Å². The van der Waals surface area contributed by atoms with Gasteiger partial charge in [0, 0.05) is 5.69 Å². The van der Waals surface area contributed by atoms with Crippen LogP contribution in [-0.4, -0.2) is 27.4 Å². The lowest BCUT2D eigenvalue weighted by Crippen LogP contribution is -2.18. The number of carbonyl (C=O) groups excluding carboxylic acids is 1. The van der Waals surface area contributed by atoms with Crippen molar-refractivity contribution >= 4 is 12.1 Å². The average Bonchev–Trinajstić information content (AvgIpc) is 2.91. The number of carbonyl (C=O) groups is 1. The van der Waals surface area contributed by atoms with Crippen LogP contribution < -0.4 is 5.43 Å². The number of aromatic hydroxyl groups is 1. The maximum Gasteiger partial charge on any atom is 0.291 e. The molecule has 0 saturated carbocycles. The Balaban J connectivity index is 1.95. The fourth-order valence-electron chi connectivity index (χ4n) is 1.53. The topological polar surface area (TPSA) is 90.4 Å². The van der Waals surface area contributed by atoms with Crippen molar-refractivity contribution in [1.82, 2.24) is 15.6 Å². The van der Waals surface area contributed by atoms with Crippen LogP contribution in [0, 0.1) is 0 Å². The van der Waals surface area contributed by atoms with Gasteiger partial charge in [0.1, 0.15) is 5.75 Å². The minimum absolute atomic E-state index is 0.184. The van der Waals surface area contributed by atoms with Crippen molar-refractivity contribution in [3.05, 3.63) is 47.3 Å². The third-order valence-corrected chi connectivity index (χ3v) is 2.73. The number of phenolic OH excluding ortho intramolecular Hbond substituents is 1. The molecule has 1 heterocycles. The van der Waals surface area contributed by atoms with Gasteiger partial charge in [0.15, 0.2) is 5.69 Å². The van der Waals surface area contributed by atoms with Gasteiger partial charge in [-0.25, -0.2) is 5.43 Å². The lowest BCUT2D eigenvalue weighted by molar-refractivity contribution is 0.0950. The molecule has 1 aromatic heterocycles. The number of phenols is 1. The fourth-order valence-corrected chi connectivity index (χ4v) is 1.53. The number of aromatic amines is 1. The van der Waals surface area contributed by atoms with Crippen LogP contribution >= 0.6 is 0 Å². The molecular formula is C14H16N4O2. The molecule has 0 saturated heterocycles. The summed E-state index contributed by atoms with van der Waals surface area (Å²) in [5.41, 5.74) is 4.37. The zero-order valence-electron chi connectivity index (χ0n) is 11.3. The van der Waals surface area contributed by atoms with Crippen LogP contribution in [0.1, 0.15) is 41.5 Å². The van der Waals surface area contributed by atoms with Crippen molar-refractivity contribution in [3.63, 3.8) is 0 Å². The van der Waals surface area contributed by atoms with Gasteiger partial charge in [-0.3, -0.25) is 9.89 Å². The number of rotatable bonds is 4. The van der Waals surface area contributed by atoms with Gasteiger partial charge >= 0.3 is 0 Å². The summed E-state index contributed by atoms with van der Waals surface area (Å²) in [6.45, 7) is 4.02. The van der Waals surface area contributed by atoms with Crippen LogP contribution in [0.25, 0.3) is 0 Å². The lowest BCUT2D eigenvalue weighted by Gasteiger charge is -1.97. The van der Waals surface area contributed by atoms with E-state index in [0.717, 1.165) is 11.3 Å². The van der Waals surface area contributed by atoms with Crippen molar-refractivity contribution in [2.45, 2.75) is 19.8 Å². The quantitative estimate of drug-likeness (QED) is 0.587. The molecule has 1 aromatic carbocycles. The number of hydrogen-bond donors (Lipinski definition) is 3. The summed E-state index contributed by atoms with van der Waals surface area (Å²) in [6.07, 6.45) is 1.49. The largest absolute Gasteiger partial charge is 0.508 e. The normalized spacial score (nSPS) is 11.2. The number of hydrogen-bond acceptors (Lipinski definition) is 4. The van der Waals surface area contributed by atoms with E-state index >= 15 is 0 Å². The Morgan fingerprint density at radius 3 is 2.70 bits per heavy atom. The van der Waals surface area contributed by atoms with Crippen molar-refractivity contribution < 1.29 is 9.90 Å². The van der Waals surface area contributed by atoms with Gasteiger partial charge in [0.05, 0.1) is 6.21 Å². The van der Waals surface area contributed by atoms with Crippen LogP contribution in [0.5, 0.6) is 5.75 Å². The van der Waals surface area contributed by atoms with E-state index in [1.54, 1.807) is 30.3 Å². The first kappa shape index (κ1) is 13.8. The Morgan fingerprint density at radius 2 is 2.10 bits per heavy atom. The predicted molar refractivity (Wildman–Crippen MR) is 75.8 cm³/mol. The first-order chi connectivity index (χ1) is 9.56. The first-order valence-electron chi connectivity index (χ1n) is 6.24. The SMILES string of the molecule is CC(C)c1cc(C(=O)N/N=C\c2ccc(O)cc2)n[nH]1. The second kappa shape index (κ2) is 6.01. The lowest BCUT2D eigenvalue weighted by atomic mass is 10.1. The first-order valence-corrected chi connectivity index (χ1v) is 6.24. The molecule has 6 nitrogen and oxygen atoms in total. The summed E-state index contributed by atoms with van der Waals surface area (Å²) in [5, 5.41) is 19.7. The molecule has 0 aliphatic heterocycles. The van der Waals surface area contributed by atoms with Crippen molar-refractivity contribution in [3.8, 4) is 5.75 Å². The maximum atomic E-state index is 11.8. The number of benzene rings is 1. The summed E-state index contributed by atoms with van der Waals surface area (Å²) >= 11 is 0. The molecule has 104 valence electrons. The van der Waals surface area contributed by atoms with E-state index in [1.807, 2.05) is 13.8 Å². The van der Waals surface area contributed by atoms with E-state index in [4.69, 9.17) is 5.11 Å². The van der Waals surface area contributed by atoms with E-state index < -0.39 is 0 Å². The molecule has 0 atom stereocenters. The van der Waals surface area contributed by atoms with Crippen LogP contribution in [0.3, 0.4) is 0 Å². The molecule has 0 bridgehead atoms. The molecule has 2 aromatic rings. The number of nitrogens with zero attached hydrogens (tertiary/aromatic N) is 2. The highest BCUT2D eigenvalue weighted by Crippen LogP contribution is 2.11. The molecule has 1 amide bonds. The standard InChI is InChI=1S/C14H16N4O2/c1-9(2)12-7-13(17-16-12)14(20)18-15-8-10-3-5-11(19)6-4-10/h3-9,19H,1-2H3,(H,16,17)(H,18,20)/b15-8-. The zero-order chi connectivity index (χ0) is 14.5. The van der Waals surface area contributed by atoms with E-state index in [0.29, 0.717) is 5.69 Å². The molecule has 3 N–H and O–H groups in total. The molecule has 6 heteroatoms. The summed E-state index contributed by atoms with van der Waals surface area (Å²) < 4.78 is 0. The van der Waals surface area contributed by atoms with E-state index in [1.165, 1.54) is 6.21 Å². The molecule has 20 heavy (non-hydrogen) atoms. The van der Waals surface area contributed by atoms with Gasteiger partial charge in [-0.2, -0.15) is 10.2 Å². The molecule has 0 aliphatic rings. The zero-order valence-corrected chi connectivity index (χ0v) is 11.3. The minimum atomic E-state index is -0.372. The van der Waals surface area contributed by atoms with Gasteiger partial charge in [-0.05, 0) is 41.8 Å². The van der Waals surface area contributed by atoms with Gasteiger partial charge in [0.2, 0.25) is 0 Å². The van der Waals surface area contributed by atoms with Crippen molar-refractivity contribution in [2.75, 3.05) is 0 Å². The van der Waals surface area contributed by atoms with Gasteiger partial charge in [-0.1, -0.05) is 13.8 Å². The number of amides is 1. The monoisotopic (exact) mass is 272 g/mol. The molecule has 0 unspecified atom stereocenters. The number of nitrogens with one attached hydrogen (secondary N) is 2. The molecule has 2 rings (SSSR count). The molecule has 0 fully saturated rings. The maximum absolute atomic E-state index is 11.8. The van der Waals surface area contributed by atoms with Crippen LogP contribution in [0.4, 0.5) is 0 Å². The van der Waals surface area contributed by atoms with E-state index in [-0.39, 0.29) is 17.6 Å². The summed E-state index contributed by atoms with van der Waals surface area (Å²) in [6, 6.07) is 8.18. The third kappa shape index (κ3) is 3.44. The number of hydrazone groups is 1.